The standard InChI is InChI=1S/C15H17FN2O/c1-11-10-12(2)18(17-11)9-3-4-15(19)13-5-7-14(16)8-6-13/h5-8,10H,3-4,9H2,1-2H3. The summed E-state index contributed by atoms with van der Waals surface area (Å²) in [6, 6.07) is 7.70. The van der Waals surface area contributed by atoms with E-state index in [1.807, 2.05) is 24.6 Å². The van der Waals surface area contributed by atoms with Gasteiger partial charge in [0.15, 0.2) is 5.78 Å². The van der Waals surface area contributed by atoms with Crippen LogP contribution in [0.1, 0.15) is 34.6 Å². The number of rotatable bonds is 5. The number of carbonyl (C=O) groups excluding carboxylic acids is 1. The normalized spacial score (nSPS) is 10.7. The van der Waals surface area contributed by atoms with E-state index in [9.17, 15) is 9.18 Å². The summed E-state index contributed by atoms with van der Waals surface area (Å²) in [6.07, 6.45) is 1.18. The molecule has 0 aliphatic rings. The summed E-state index contributed by atoms with van der Waals surface area (Å²) in [4.78, 5) is 11.9. The molecule has 4 heteroatoms. The van der Waals surface area contributed by atoms with Crippen LogP contribution in [0.25, 0.3) is 0 Å². The lowest BCUT2D eigenvalue weighted by Gasteiger charge is -2.04. The Hall–Kier alpha value is -1.97. The summed E-state index contributed by atoms with van der Waals surface area (Å²) in [5, 5.41) is 4.35. The smallest absolute Gasteiger partial charge is 0.162 e. The Balaban J connectivity index is 1.87. The molecule has 0 radical (unpaired) electrons. The van der Waals surface area contributed by atoms with Crippen LogP contribution in [0.2, 0.25) is 0 Å². The van der Waals surface area contributed by atoms with Gasteiger partial charge >= 0.3 is 0 Å². The number of ketones is 1. The lowest BCUT2D eigenvalue weighted by Crippen LogP contribution is -2.06. The summed E-state index contributed by atoms with van der Waals surface area (Å²) in [5.41, 5.74) is 2.66. The number of halogens is 1. The fourth-order valence-electron chi connectivity index (χ4n) is 2.07. The zero-order chi connectivity index (χ0) is 13.8. The molecule has 19 heavy (non-hydrogen) atoms. The van der Waals surface area contributed by atoms with E-state index in [4.69, 9.17) is 0 Å². The van der Waals surface area contributed by atoms with Crippen LogP contribution in [-0.2, 0) is 6.54 Å². The monoisotopic (exact) mass is 260 g/mol. The van der Waals surface area contributed by atoms with E-state index < -0.39 is 0 Å². The van der Waals surface area contributed by atoms with Crippen LogP contribution in [-0.4, -0.2) is 15.6 Å². The molecule has 0 atom stereocenters. The molecule has 0 aliphatic heterocycles. The maximum absolute atomic E-state index is 12.7. The van der Waals surface area contributed by atoms with Crippen molar-refractivity contribution in [1.29, 1.82) is 0 Å². The molecule has 1 aromatic carbocycles. The Kier molecular flexibility index (Phi) is 4.10. The summed E-state index contributed by atoms with van der Waals surface area (Å²) < 4.78 is 14.7. The van der Waals surface area contributed by atoms with Gasteiger partial charge in [0.2, 0.25) is 0 Å². The average Bonchev–Trinajstić information content (AvgIpc) is 2.68. The molecule has 0 N–H and O–H groups in total. The molecule has 100 valence electrons. The third-order valence-electron chi connectivity index (χ3n) is 3.04. The highest BCUT2D eigenvalue weighted by Gasteiger charge is 2.07. The summed E-state index contributed by atoms with van der Waals surface area (Å²) >= 11 is 0. The topological polar surface area (TPSA) is 34.9 Å². The van der Waals surface area contributed by atoms with E-state index in [-0.39, 0.29) is 11.6 Å². The molecule has 0 spiro atoms. The molecule has 0 saturated heterocycles. The number of hydrogen-bond acceptors (Lipinski definition) is 2. The Morgan fingerprint density at radius 1 is 1.26 bits per heavy atom. The SMILES string of the molecule is Cc1cc(C)n(CCCC(=O)c2ccc(F)cc2)n1. The Morgan fingerprint density at radius 2 is 1.95 bits per heavy atom. The second-order valence-corrected chi connectivity index (χ2v) is 4.68. The Bertz CT molecular complexity index is 572. The highest BCUT2D eigenvalue weighted by molar-refractivity contribution is 5.95. The summed E-state index contributed by atoms with van der Waals surface area (Å²) in [5.74, 6) is -0.277. The zero-order valence-electron chi connectivity index (χ0n) is 11.2. The third kappa shape index (κ3) is 3.50. The van der Waals surface area contributed by atoms with E-state index in [1.165, 1.54) is 24.3 Å². The van der Waals surface area contributed by atoms with Gasteiger partial charge in [0.05, 0.1) is 5.69 Å². The van der Waals surface area contributed by atoms with Gasteiger partial charge in [-0.3, -0.25) is 9.48 Å². The lowest BCUT2D eigenvalue weighted by atomic mass is 10.1. The molecule has 3 nitrogen and oxygen atoms in total. The van der Waals surface area contributed by atoms with Gasteiger partial charge in [-0.1, -0.05) is 0 Å². The molecule has 0 aliphatic carbocycles. The Morgan fingerprint density at radius 3 is 2.53 bits per heavy atom. The number of aromatic nitrogens is 2. The average molecular weight is 260 g/mol. The molecular weight excluding hydrogens is 243 g/mol. The van der Waals surface area contributed by atoms with E-state index in [1.54, 1.807) is 0 Å². The molecule has 0 saturated carbocycles. The molecule has 2 aromatic rings. The van der Waals surface area contributed by atoms with E-state index >= 15 is 0 Å². The molecule has 1 aromatic heterocycles. The fourth-order valence-corrected chi connectivity index (χ4v) is 2.07. The molecular formula is C15H17FN2O. The van der Waals surface area contributed by atoms with Crippen molar-refractivity contribution in [2.24, 2.45) is 0 Å². The van der Waals surface area contributed by atoms with Crippen molar-refractivity contribution < 1.29 is 9.18 Å². The number of Topliss-reactive ketones (excluding diaryl/α,β-unsaturated/α-hetero) is 1. The van der Waals surface area contributed by atoms with Crippen molar-refractivity contribution in [1.82, 2.24) is 9.78 Å². The van der Waals surface area contributed by atoms with Gasteiger partial charge in [-0.15, -0.1) is 0 Å². The minimum absolute atomic E-state index is 0.0431. The minimum Gasteiger partial charge on any atom is -0.294 e. The largest absolute Gasteiger partial charge is 0.294 e. The number of hydrogen-bond donors (Lipinski definition) is 0. The van der Waals surface area contributed by atoms with Crippen LogP contribution in [0.5, 0.6) is 0 Å². The van der Waals surface area contributed by atoms with Crippen molar-refractivity contribution in [2.45, 2.75) is 33.2 Å². The maximum atomic E-state index is 12.7. The first-order chi connectivity index (χ1) is 9.06. The van der Waals surface area contributed by atoms with Gasteiger partial charge in [0.25, 0.3) is 0 Å². The first kappa shape index (κ1) is 13.5. The van der Waals surface area contributed by atoms with Crippen LogP contribution >= 0.6 is 0 Å². The summed E-state index contributed by atoms with van der Waals surface area (Å²) in [6.45, 7) is 4.68. The van der Waals surface area contributed by atoms with Crippen LogP contribution < -0.4 is 0 Å². The molecule has 0 fully saturated rings. The van der Waals surface area contributed by atoms with Gasteiger partial charge < -0.3 is 0 Å². The van der Waals surface area contributed by atoms with Crippen LogP contribution in [0.4, 0.5) is 4.39 Å². The van der Waals surface area contributed by atoms with Gasteiger partial charge in [0, 0.05) is 24.2 Å². The highest BCUT2D eigenvalue weighted by Crippen LogP contribution is 2.09. The Labute approximate surface area is 112 Å². The van der Waals surface area contributed by atoms with Gasteiger partial charge in [-0.05, 0) is 50.6 Å². The van der Waals surface area contributed by atoms with Crippen molar-refractivity contribution in [3.63, 3.8) is 0 Å². The number of nitrogens with zero attached hydrogens (tertiary/aromatic N) is 2. The van der Waals surface area contributed by atoms with E-state index in [0.29, 0.717) is 12.0 Å². The highest BCUT2D eigenvalue weighted by atomic mass is 19.1. The quantitative estimate of drug-likeness (QED) is 0.773. The zero-order valence-corrected chi connectivity index (χ0v) is 11.2. The van der Waals surface area contributed by atoms with Gasteiger partial charge in [0.1, 0.15) is 5.82 Å². The molecule has 0 bridgehead atoms. The third-order valence-corrected chi connectivity index (χ3v) is 3.04. The fraction of sp³-hybridized carbons (Fsp3) is 0.333. The van der Waals surface area contributed by atoms with Crippen molar-refractivity contribution in [3.8, 4) is 0 Å². The number of benzene rings is 1. The molecule has 2 rings (SSSR count). The van der Waals surface area contributed by atoms with Crippen molar-refractivity contribution in [2.75, 3.05) is 0 Å². The maximum Gasteiger partial charge on any atom is 0.162 e. The molecule has 0 unspecified atom stereocenters. The second kappa shape index (κ2) is 5.78. The lowest BCUT2D eigenvalue weighted by molar-refractivity contribution is 0.0978. The van der Waals surface area contributed by atoms with Crippen LogP contribution in [0.15, 0.2) is 30.3 Å². The first-order valence-corrected chi connectivity index (χ1v) is 6.36. The van der Waals surface area contributed by atoms with E-state index in [2.05, 4.69) is 5.10 Å². The van der Waals surface area contributed by atoms with E-state index in [0.717, 1.165) is 24.4 Å². The van der Waals surface area contributed by atoms with Gasteiger partial charge in [-0.2, -0.15) is 5.10 Å². The van der Waals surface area contributed by atoms with Crippen molar-refractivity contribution >= 4 is 5.78 Å². The molecule has 0 amide bonds. The number of aryl methyl sites for hydroxylation is 3. The number of carbonyl (C=O) groups is 1. The van der Waals surface area contributed by atoms with Crippen LogP contribution in [0, 0.1) is 19.7 Å². The summed E-state index contributed by atoms with van der Waals surface area (Å²) in [7, 11) is 0. The van der Waals surface area contributed by atoms with Crippen LogP contribution in [0.3, 0.4) is 0 Å². The predicted molar refractivity (Wildman–Crippen MR) is 71.7 cm³/mol. The van der Waals surface area contributed by atoms with Gasteiger partial charge in [-0.25, -0.2) is 4.39 Å². The second-order valence-electron chi connectivity index (χ2n) is 4.68. The predicted octanol–water partition coefficient (Wildman–Crippen LogP) is 3.30. The first-order valence-electron chi connectivity index (χ1n) is 6.36. The minimum atomic E-state index is -0.320. The van der Waals surface area contributed by atoms with Crippen molar-refractivity contribution in [3.05, 3.63) is 53.1 Å². The molecule has 1 heterocycles.